The summed E-state index contributed by atoms with van der Waals surface area (Å²) in [5, 5.41) is 20.8. The average molecular weight is 603 g/mol. The SMILES string of the molecule is COc1ccc(C[n+]2ccc(CCCc3c(C(N)=O)cc(O)c4c3C(=O)c3cccc(O)c3C4=O)cc2)cc1.[Br-]. The van der Waals surface area contributed by atoms with Gasteiger partial charge in [-0.15, -0.1) is 0 Å². The van der Waals surface area contributed by atoms with Crippen molar-refractivity contribution in [2.24, 2.45) is 5.73 Å². The molecule has 0 radical (unpaired) electrons. The summed E-state index contributed by atoms with van der Waals surface area (Å²) >= 11 is 0. The maximum absolute atomic E-state index is 13.5. The van der Waals surface area contributed by atoms with Crippen molar-refractivity contribution in [2.75, 3.05) is 7.11 Å². The van der Waals surface area contributed by atoms with Crippen LogP contribution in [-0.2, 0) is 19.4 Å². The Bertz CT molecular complexity index is 1610. The molecule has 9 heteroatoms. The van der Waals surface area contributed by atoms with E-state index < -0.39 is 23.2 Å². The molecule has 0 unspecified atom stereocenters. The Hall–Kier alpha value is -4.50. The number of ketones is 2. The minimum absolute atomic E-state index is 0. The van der Waals surface area contributed by atoms with E-state index in [0.717, 1.165) is 22.9 Å². The summed E-state index contributed by atoms with van der Waals surface area (Å²) < 4.78 is 7.26. The second-order valence-electron chi connectivity index (χ2n) is 9.47. The van der Waals surface area contributed by atoms with Crippen LogP contribution in [-0.4, -0.2) is 34.8 Å². The van der Waals surface area contributed by atoms with Crippen LogP contribution in [0, 0.1) is 0 Å². The number of aromatic nitrogens is 1. The predicted molar refractivity (Wildman–Crippen MR) is 142 cm³/mol. The van der Waals surface area contributed by atoms with Gasteiger partial charge < -0.3 is 37.7 Å². The van der Waals surface area contributed by atoms with Gasteiger partial charge in [-0.25, -0.2) is 4.57 Å². The minimum Gasteiger partial charge on any atom is -1.00 e. The summed E-state index contributed by atoms with van der Waals surface area (Å²) in [5.74, 6) is -2.06. The van der Waals surface area contributed by atoms with Crippen LogP contribution < -0.4 is 32.0 Å². The highest BCUT2D eigenvalue weighted by molar-refractivity contribution is 6.31. The normalized spacial score (nSPS) is 11.8. The summed E-state index contributed by atoms with van der Waals surface area (Å²) in [6.07, 6.45) is 5.48. The molecule has 3 aromatic carbocycles. The van der Waals surface area contributed by atoms with E-state index >= 15 is 0 Å². The highest BCUT2D eigenvalue weighted by atomic mass is 79.9. The summed E-state index contributed by atoms with van der Waals surface area (Å²) in [6, 6.07) is 17.3. The van der Waals surface area contributed by atoms with Crippen LogP contribution in [0.2, 0.25) is 0 Å². The first-order chi connectivity index (χ1) is 18.8. The van der Waals surface area contributed by atoms with Gasteiger partial charge in [-0.05, 0) is 66.8 Å². The number of benzene rings is 3. The van der Waals surface area contributed by atoms with Crippen molar-refractivity contribution in [3.8, 4) is 17.2 Å². The molecule has 204 valence electrons. The maximum atomic E-state index is 13.5. The molecule has 0 aliphatic heterocycles. The number of ether oxygens (including phenoxy) is 1. The number of hydrogen-bond acceptors (Lipinski definition) is 6. The van der Waals surface area contributed by atoms with Gasteiger partial charge in [0, 0.05) is 34.4 Å². The van der Waals surface area contributed by atoms with Crippen LogP contribution in [0.4, 0.5) is 0 Å². The van der Waals surface area contributed by atoms with Gasteiger partial charge in [0.2, 0.25) is 11.7 Å². The number of methoxy groups -OCH3 is 1. The minimum atomic E-state index is -0.802. The molecule has 1 aliphatic carbocycles. The fraction of sp³-hybridized carbons (Fsp3) is 0.161. The van der Waals surface area contributed by atoms with Crippen LogP contribution in [0.15, 0.2) is 73.1 Å². The molecule has 40 heavy (non-hydrogen) atoms. The molecule has 1 aliphatic rings. The standard InChI is InChI=1S/C31H26N2O6.BrH/c1-39-20-10-8-19(9-11-20)17-33-14-12-18(13-15-33)4-2-5-21-23(31(32)38)16-25(35)28-27(21)29(36)22-6-3-7-24(34)26(22)30(28)37;/h3,6-16H,2,4-5,17H2,1H3,(H3-,32,34,35,37,38);1H. The van der Waals surface area contributed by atoms with Gasteiger partial charge in [0.05, 0.1) is 18.2 Å². The zero-order chi connectivity index (χ0) is 27.7. The monoisotopic (exact) mass is 602 g/mol. The molecule has 0 fully saturated rings. The number of pyridine rings is 1. The van der Waals surface area contributed by atoms with E-state index in [1.807, 2.05) is 48.8 Å². The van der Waals surface area contributed by atoms with Crippen LogP contribution >= 0.6 is 0 Å². The molecule has 4 N–H and O–H groups in total. The van der Waals surface area contributed by atoms with E-state index in [1.54, 1.807) is 7.11 Å². The van der Waals surface area contributed by atoms with Crippen LogP contribution in [0.3, 0.4) is 0 Å². The van der Waals surface area contributed by atoms with Crippen molar-refractivity contribution in [2.45, 2.75) is 25.8 Å². The molecular formula is C31H27BrN2O6. The van der Waals surface area contributed by atoms with Crippen LogP contribution in [0.5, 0.6) is 17.2 Å². The number of rotatable bonds is 8. The summed E-state index contributed by atoms with van der Waals surface area (Å²) in [7, 11) is 1.63. The quantitative estimate of drug-likeness (QED) is 0.222. The van der Waals surface area contributed by atoms with Crippen molar-refractivity contribution in [1.82, 2.24) is 0 Å². The Labute approximate surface area is 241 Å². The number of aromatic hydroxyl groups is 2. The van der Waals surface area contributed by atoms with E-state index in [9.17, 15) is 24.6 Å². The van der Waals surface area contributed by atoms with E-state index in [1.165, 1.54) is 18.2 Å². The number of carbonyl (C=O) groups excluding carboxylic acids is 3. The largest absolute Gasteiger partial charge is 1.00 e. The molecule has 8 nitrogen and oxygen atoms in total. The number of phenolic OH excluding ortho intramolecular Hbond substituents is 2. The van der Waals surface area contributed by atoms with E-state index in [0.29, 0.717) is 24.9 Å². The molecular weight excluding hydrogens is 576 g/mol. The Morgan fingerprint density at radius 2 is 1.55 bits per heavy atom. The maximum Gasteiger partial charge on any atom is 0.249 e. The zero-order valence-corrected chi connectivity index (χ0v) is 23.3. The highest BCUT2D eigenvalue weighted by Gasteiger charge is 2.37. The number of fused-ring (bicyclic) bond motifs is 2. The van der Waals surface area contributed by atoms with E-state index in [2.05, 4.69) is 4.57 Å². The van der Waals surface area contributed by atoms with Gasteiger partial charge in [-0.3, -0.25) is 14.4 Å². The van der Waals surface area contributed by atoms with E-state index in [-0.39, 0.29) is 57.0 Å². The number of nitrogens with zero attached hydrogens (tertiary/aromatic N) is 1. The van der Waals surface area contributed by atoms with E-state index in [4.69, 9.17) is 10.5 Å². The third-order valence-electron chi connectivity index (χ3n) is 7.02. The average Bonchev–Trinajstić information content (AvgIpc) is 2.93. The molecule has 0 saturated heterocycles. The van der Waals surface area contributed by atoms with Gasteiger partial charge >= 0.3 is 0 Å². The summed E-state index contributed by atoms with van der Waals surface area (Å²) in [6.45, 7) is 0.707. The lowest BCUT2D eigenvalue weighted by molar-refractivity contribution is -0.688. The molecule has 0 spiro atoms. The van der Waals surface area contributed by atoms with Gasteiger partial charge in [0.15, 0.2) is 24.7 Å². The van der Waals surface area contributed by atoms with Crippen molar-refractivity contribution < 1.29 is 50.9 Å². The van der Waals surface area contributed by atoms with Crippen molar-refractivity contribution in [3.63, 3.8) is 0 Å². The second-order valence-corrected chi connectivity index (χ2v) is 9.47. The van der Waals surface area contributed by atoms with Crippen LogP contribution in [0.1, 0.15) is 65.3 Å². The number of hydrogen-bond donors (Lipinski definition) is 3. The topological polar surface area (TPSA) is 131 Å². The van der Waals surface area contributed by atoms with Gasteiger partial charge in [0.25, 0.3) is 0 Å². The Kier molecular flexibility index (Phi) is 8.35. The number of aryl methyl sites for hydroxylation is 1. The number of nitrogens with two attached hydrogens (primary N) is 1. The fourth-order valence-corrected chi connectivity index (χ4v) is 5.07. The number of primary amides is 1. The Morgan fingerprint density at radius 1 is 0.850 bits per heavy atom. The molecule has 0 atom stereocenters. The Morgan fingerprint density at radius 3 is 2.20 bits per heavy atom. The number of phenols is 2. The first kappa shape index (κ1) is 28.5. The lowest BCUT2D eigenvalue weighted by Crippen LogP contribution is -3.00. The smallest absolute Gasteiger partial charge is 0.249 e. The lowest BCUT2D eigenvalue weighted by Gasteiger charge is -2.23. The predicted octanol–water partition coefficient (Wildman–Crippen LogP) is 0.496. The third-order valence-corrected chi connectivity index (χ3v) is 7.02. The fourth-order valence-electron chi connectivity index (χ4n) is 5.07. The summed E-state index contributed by atoms with van der Waals surface area (Å²) in [5.41, 5.74) is 7.75. The van der Waals surface area contributed by atoms with Gasteiger partial charge in [0.1, 0.15) is 17.2 Å². The van der Waals surface area contributed by atoms with Gasteiger partial charge in [-0.2, -0.15) is 0 Å². The molecule has 0 saturated carbocycles. The third kappa shape index (κ3) is 5.33. The second kappa shape index (κ2) is 11.7. The first-order valence-corrected chi connectivity index (χ1v) is 12.5. The number of halogens is 1. The molecule has 1 heterocycles. The van der Waals surface area contributed by atoms with Crippen molar-refractivity contribution >= 4 is 17.5 Å². The molecule has 0 bridgehead atoms. The van der Waals surface area contributed by atoms with Gasteiger partial charge in [-0.1, -0.05) is 12.1 Å². The van der Waals surface area contributed by atoms with Crippen molar-refractivity contribution in [3.05, 3.63) is 118 Å². The molecule has 4 aromatic rings. The Balaban J connectivity index is 0.00000370. The first-order valence-electron chi connectivity index (χ1n) is 12.5. The number of amides is 1. The highest BCUT2D eigenvalue weighted by Crippen LogP contribution is 2.39. The van der Waals surface area contributed by atoms with Crippen molar-refractivity contribution in [1.29, 1.82) is 0 Å². The lowest BCUT2D eigenvalue weighted by atomic mass is 9.78. The molecule has 1 amide bonds. The molecule has 5 rings (SSSR count). The summed E-state index contributed by atoms with van der Waals surface area (Å²) in [4.78, 5) is 39.0. The molecule has 1 aromatic heterocycles. The number of carbonyl (C=O) groups is 3. The van der Waals surface area contributed by atoms with Crippen LogP contribution in [0.25, 0.3) is 0 Å². The zero-order valence-electron chi connectivity index (χ0n) is 21.7.